The van der Waals surface area contributed by atoms with Crippen LogP contribution in [0.15, 0.2) is 58.8 Å². The molecule has 9 heteroatoms. The maximum Gasteiger partial charge on any atom is 0.243 e. The van der Waals surface area contributed by atoms with Crippen LogP contribution in [0.4, 0.5) is 5.13 Å². The maximum atomic E-state index is 13.1. The maximum absolute atomic E-state index is 13.1. The molecule has 0 saturated heterocycles. The predicted molar refractivity (Wildman–Crippen MR) is 146 cm³/mol. The molecular formula is C27H35N3O4S2. The fraction of sp³-hybridized carbons (Fsp3) is 0.407. The lowest BCUT2D eigenvalue weighted by atomic mass is 9.85. The van der Waals surface area contributed by atoms with Crippen LogP contribution < -0.4 is 10.1 Å². The molecule has 36 heavy (non-hydrogen) atoms. The molecule has 3 aromatic rings. The fourth-order valence-electron chi connectivity index (χ4n) is 3.86. The van der Waals surface area contributed by atoms with Crippen molar-refractivity contribution < 1.29 is 17.9 Å². The average molecular weight is 530 g/mol. The molecule has 1 amide bonds. The molecule has 1 aromatic heterocycles. The van der Waals surface area contributed by atoms with Crippen molar-refractivity contribution in [2.24, 2.45) is 5.41 Å². The van der Waals surface area contributed by atoms with E-state index in [-0.39, 0.29) is 10.8 Å². The molecule has 0 saturated carbocycles. The van der Waals surface area contributed by atoms with Gasteiger partial charge in [-0.25, -0.2) is 13.4 Å². The fourth-order valence-corrected chi connectivity index (χ4v) is 6.20. The average Bonchev–Trinajstić information content (AvgIpc) is 3.32. The topological polar surface area (TPSA) is 88.6 Å². The highest BCUT2D eigenvalue weighted by Gasteiger charge is 2.29. The lowest BCUT2D eigenvalue weighted by Crippen LogP contribution is -2.33. The molecule has 2 aromatic carbocycles. The van der Waals surface area contributed by atoms with Crippen LogP contribution >= 0.6 is 11.3 Å². The van der Waals surface area contributed by atoms with E-state index >= 15 is 0 Å². The Labute approximate surface area is 218 Å². The Balaban J connectivity index is 1.67. The molecule has 0 aliphatic rings. The Morgan fingerprint density at radius 3 is 2.19 bits per heavy atom. The zero-order chi connectivity index (χ0) is 26.3. The van der Waals surface area contributed by atoms with E-state index in [0.717, 1.165) is 35.4 Å². The van der Waals surface area contributed by atoms with E-state index in [1.165, 1.54) is 15.6 Å². The van der Waals surface area contributed by atoms with Crippen molar-refractivity contribution in [1.82, 2.24) is 9.29 Å². The summed E-state index contributed by atoms with van der Waals surface area (Å²) in [6.07, 6.45) is 1.99. The van der Waals surface area contributed by atoms with Crippen molar-refractivity contribution in [2.45, 2.75) is 51.9 Å². The Bertz CT molecular complexity index is 1240. The number of aromatic nitrogens is 1. The minimum Gasteiger partial charge on any atom is -0.497 e. The SMILES string of the molecule is CCCN(CCC)S(=O)(=O)c1ccc(CC(C)(C)C(=O)Nc2nc(-c3ccc(OC)cc3)cs2)cc1. The predicted octanol–water partition coefficient (Wildman–Crippen LogP) is 5.84. The molecular weight excluding hydrogens is 494 g/mol. The van der Waals surface area contributed by atoms with Crippen LogP contribution in [-0.4, -0.2) is 43.8 Å². The first kappa shape index (κ1) is 27.8. The third-order valence-electron chi connectivity index (χ3n) is 5.88. The van der Waals surface area contributed by atoms with Crippen LogP contribution in [0.5, 0.6) is 5.75 Å². The molecule has 3 rings (SSSR count). The highest BCUT2D eigenvalue weighted by atomic mass is 32.2. The van der Waals surface area contributed by atoms with E-state index in [0.29, 0.717) is 24.6 Å². The van der Waals surface area contributed by atoms with Crippen molar-refractivity contribution >= 4 is 32.4 Å². The van der Waals surface area contributed by atoms with E-state index in [1.54, 1.807) is 31.4 Å². The van der Waals surface area contributed by atoms with Gasteiger partial charge in [0, 0.05) is 29.4 Å². The van der Waals surface area contributed by atoms with Gasteiger partial charge in [0.1, 0.15) is 5.75 Å². The van der Waals surface area contributed by atoms with Crippen LogP contribution in [-0.2, 0) is 21.2 Å². The van der Waals surface area contributed by atoms with Crippen molar-refractivity contribution in [3.8, 4) is 17.0 Å². The van der Waals surface area contributed by atoms with Gasteiger partial charge in [0.2, 0.25) is 15.9 Å². The molecule has 0 atom stereocenters. The van der Waals surface area contributed by atoms with Gasteiger partial charge in [0.15, 0.2) is 5.13 Å². The number of hydrogen-bond acceptors (Lipinski definition) is 6. The summed E-state index contributed by atoms with van der Waals surface area (Å²) in [7, 11) is -1.90. The molecule has 0 unspecified atom stereocenters. The first-order valence-electron chi connectivity index (χ1n) is 12.1. The van der Waals surface area contributed by atoms with Gasteiger partial charge in [-0.1, -0.05) is 39.8 Å². The number of nitrogens with zero attached hydrogens (tertiary/aromatic N) is 2. The number of anilines is 1. The number of carbonyl (C=O) groups excluding carboxylic acids is 1. The van der Waals surface area contributed by atoms with Gasteiger partial charge in [-0.05, 0) is 61.2 Å². The van der Waals surface area contributed by atoms with Crippen LogP contribution in [0.25, 0.3) is 11.3 Å². The molecule has 0 bridgehead atoms. The summed E-state index contributed by atoms with van der Waals surface area (Å²) in [6.45, 7) is 8.69. The van der Waals surface area contributed by atoms with Crippen LogP contribution in [0.3, 0.4) is 0 Å². The van der Waals surface area contributed by atoms with Crippen LogP contribution in [0, 0.1) is 5.41 Å². The molecule has 7 nitrogen and oxygen atoms in total. The summed E-state index contributed by atoms with van der Waals surface area (Å²) >= 11 is 1.37. The molecule has 0 spiro atoms. The van der Waals surface area contributed by atoms with E-state index in [9.17, 15) is 13.2 Å². The van der Waals surface area contributed by atoms with Crippen molar-refractivity contribution in [3.05, 3.63) is 59.5 Å². The number of sulfonamides is 1. The van der Waals surface area contributed by atoms with E-state index in [2.05, 4.69) is 10.3 Å². The van der Waals surface area contributed by atoms with Gasteiger partial charge >= 0.3 is 0 Å². The van der Waals surface area contributed by atoms with E-state index in [1.807, 2.05) is 57.3 Å². The monoisotopic (exact) mass is 529 g/mol. The lowest BCUT2D eigenvalue weighted by molar-refractivity contribution is -0.123. The molecule has 0 aliphatic heterocycles. The quantitative estimate of drug-likeness (QED) is 0.319. The molecule has 1 N–H and O–H groups in total. The summed E-state index contributed by atoms with van der Waals surface area (Å²) in [5.41, 5.74) is 1.90. The summed E-state index contributed by atoms with van der Waals surface area (Å²) < 4.78 is 32.7. The Morgan fingerprint density at radius 2 is 1.64 bits per heavy atom. The standard InChI is InChI=1S/C27H35N3O4S2/c1-6-16-30(17-7-2)36(32,33)23-14-8-20(9-15-23)18-27(3,4)25(31)29-26-28-24(19-35-26)21-10-12-22(34-5)13-11-21/h8-15,19H,6-7,16-18H2,1-5H3,(H,28,29,31). The smallest absolute Gasteiger partial charge is 0.243 e. The zero-order valence-electron chi connectivity index (χ0n) is 21.6. The minimum atomic E-state index is -3.53. The number of hydrogen-bond donors (Lipinski definition) is 1. The van der Waals surface area contributed by atoms with Crippen molar-refractivity contribution in [2.75, 3.05) is 25.5 Å². The number of ether oxygens (including phenoxy) is 1. The zero-order valence-corrected chi connectivity index (χ0v) is 23.2. The number of thiazole rings is 1. The first-order chi connectivity index (χ1) is 17.1. The molecule has 194 valence electrons. The third-order valence-corrected chi connectivity index (χ3v) is 8.55. The molecule has 0 radical (unpaired) electrons. The molecule has 0 aliphatic carbocycles. The largest absolute Gasteiger partial charge is 0.497 e. The van der Waals surface area contributed by atoms with E-state index in [4.69, 9.17) is 4.74 Å². The number of benzene rings is 2. The number of methoxy groups -OCH3 is 1. The number of rotatable bonds is 12. The Kier molecular flexibility index (Phi) is 9.27. The first-order valence-corrected chi connectivity index (χ1v) is 14.4. The summed E-state index contributed by atoms with van der Waals surface area (Å²) in [5, 5.41) is 5.38. The molecule has 0 fully saturated rings. The summed E-state index contributed by atoms with van der Waals surface area (Å²) in [5.74, 6) is 0.626. The Morgan fingerprint density at radius 1 is 1.03 bits per heavy atom. The normalized spacial score (nSPS) is 12.1. The lowest BCUT2D eigenvalue weighted by Gasteiger charge is -2.24. The van der Waals surface area contributed by atoms with Crippen molar-refractivity contribution in [1.29, 1.82) is 0 Å². The second kappa shape index (κ2) is 12.0. The summed E-state index contributed by atoms with van der Waals surface area (Å²) in [6, 6.07) is 14.5. The van der Waals surface area contributed by atoms with Gasteiger partial charge in [-0.3, -0.25) is 4.79 Å². The third kappa shape index (κ3) is 6.72. The van der Waals surface area contributed by atoms with Crippen LogP contribution in [0.2, 0.25) is 0 Å². The highest BCUT2D eigenvalue weighted by Crippen LogP contribution is 2.29. The minimum absolute atomic E-state index is 0.146. The summed E-state index contributed by atoms with van der Waals surface area (Å²) in [4.78, 5) is 17.9. The Hall–Kier alpha value is -2.75. The van der Waals surface area contributed by atoms with Gasteiger partial charge in [0.25, 0.3) is 0 Å². The van der Waals surface area contributed by atoms with Crippen LogP contribution in [0.1, 0.15) is 46.1 Å². The van der Waals surface area contributed by atoms with Gasteiger partial charge in [-0.2, -0.15) is 4.31 Å². The number of carbonyl (C=O) groups is 1. The second-order valence-electron chi connectivity index (χ2n) is 9.33. The van der Waals surface area contributed by atoms with E-state index < -0.39 is 15.4 Å². The number of nitrogens with one attached hydrogen (secondary N) is 1. The van der Waals surface area contributed by atoms with Gasteiger partial charge in [0.05, 0.1) is 17.7 Å². The van der Waals surface area contributed by atoms with Crippen molar-refractivity contribution in [3.63, 3.8) is 0 Å². The highest BCUT2D eigenvalue weighted by molar-refractivity contribution is 7.89. The number of amides is 1. The molecule has 1 heterocycles. The van der Waals surface area contributed by atoms with Gasteiger partial charge in [-0.15, -0.1) is 11.3 Å². The van der Waals surface area contributed by atoms with Gasteiger partial charge < -0.3 is 10.1 Å². The second-order valence-corrected chi connectivity index (χ2v) is 12.1.